The number of carbonyl (C=O) groups is 1. The van der Waals surface area contributed by atoms with Gasteiger partial charge in [0.25, 0.3) is 0 Å². The van der Waals surface area contributed by atoms with E-state index in [1.165, 1.54) is 0 Å². The lowest BCUT2D eigenvalue weighted by Crippen LogP contribution is -2.31. The van der Waals surface area contributed by atoms with Gasteiger partial charge in [0.2, 0.25) is 5.91 Å². The summed E-state index contributed by atoms with van der Waals surface area (Å²) in [7, 11) is 0. The fraction of sp³-hybridized carbons (Fsp3) is 0.562. The molecule has 0 aliphatic heterocycles. The predicted octanol–water partition coefficient (Wildman–Crippen LogP) is 2.51. The quantitative estimate of drug-likeness (QED) is 0.853. The van der Waals surface area contributed by atoms with Crippen molar-refractivity contribution in [3.05, 3.63) is 33.5 Å². The molecule has 0 fully saturated rings. The van der Waals surface area contributed by atoms with Gasteiger partial charge in [0, 0.05) is 24.2 Å². The maximum absolute atomic E-state index is 12.0. The molecule has 1 atom stereocenters. The molecule has 1 amide bonds. The molecule has 5 nitrogen and oxygen atoms in total. The molecule has 22 heavy (non-hydrogen) atoms. The van der Waals surface area contributed by atoms with E-state index >= 15 is 0 Å². The summed E-state index contributed by atoms with van der Waals surface area (Å²) in [6, 6.07) is 2.07. The molecular weight excluding hydrogens is 296 g/mol. The summed E-state index contributed by atoms with van der Waals surface area (Å²) in [6.07, 6.45) is 1.29. The van der Waals surface area contributed by atoms with E-state index in [0.717, 1.165) is 35.1 Å². The average Bonchev–Trinajstić information content (AvgIpc) is 3.03. The zero-order valence-electron chi connectivity index (χ0n) is 13.7. The molecule has 2 aromatic heterocycles. The van der Waals surface area contributed by atoms with Gasteiger partial charge in [0.15, 0.2) is 0 Å². The SMILES string of the molecule is CCc1nc(CC(=O)NCC(C)Cn2nc(C)cc2C)cs1. The number of nitrogens with one attached hydrogen (secondary N) is 1. The number of nitrogens with zero attached hydrogens (tertiary/aromatic N) is 3. The first kappa shape index (κ1) is 16.7. The van der Waals surface area contributed by atoms with Gasteiger partial charge in [-0.2, -0.15) is 5.10 Å². The maximum atomic E-state index is 12.0. The van der Waals surface area contributed by atoms with Crippen LogP contribution in [0.25, 0.3) is 0 Å². The van der Waals surface area contributed by atoms with Crippen molar-refractivity contribution in [2.75, 3.05) is 6.54 Å². The van der Waals surface area contributed by atoms with E-state index in [9.17, 15) is 4.79 Å². The Kier molecular flexibility index (Phi) is 5.71. The van der Waals surface area contributed by atoms with E-state index in [0.29, 0.717) is 18.9 Å². The van der Waals surface area contributed by atoms with E-state index in [4.69, 9.17) is 0 Å². The van der Waals surface area contributed by atoms with Crippen LogP contribution in [0.1, 0.15) is 35.9 Å². The number of amides is 1. The molecule has 0 radical (unpaired) electrons. The standard InChI is InChI=1S/C16H24N4OS/c1-5-16-18-14(10-22-16)7-15(21)17-8-11(2)9-20-13(4)6-12(3)19-20/h6,10-11H,5,7-9H2,1-4H3,(H,17,21). The molecule has 0 aliphatic rings. The van der Waals surface area contributed by atoms with Gasteiger partial charge in [-0.05, 0) is 32.3 Å². The van der Waals surface area contributed by atoms with E-state index in [2.05, 4.69) is 42.2 Å². The van der Waals surface area contributed by atoms with Gasteiger partial charge in [-0.15, -0.1) is 11.3 Å². The molecule has 0 saturated carbocycles. The molecule has 1 unspecified atom stereocenters. The number of hydrogen-bond acceptors (Lipinski definition) is 4. The third kappa shape index (κ3) is 4.66. The first-order valence-corrected chi connectivity index (χ1v) is 8.57. The summed E-state index contributed by atoms with van der Waals surface area (Å²) in [5.41, 5.74) is 3.06. The van der Waals surface area contributed by atoms with Crippen LogP contribution in [0.3, 0.4) is 0 Å². The van der Waals surface area contributed by atoms with Crippen LogP contribution in [0.4, 0.5) is 0 Å². The first-order chi connectivity index (χ1) is 10.5. The largest absolute Gasteiger partial charge is 0.355 e. The first-order valence-electron chi connectivity index (χ1n) is 7.69. The molecule has 0 aliphatic carbocycles. The van der Waals surface area contributed by atoms with Gasteiger partial charge in [-0.3, -0.25) is 9.48 Å². The zero-order valence-corrected chi connectivity index (χ0v) is 14.5. The van der Waals surface area contributed by atoms with E-state index in [1.807, 2.05) is 17.0 Å². The number of rotatable bonds is 7. The minimum atomic E-state index is 0.0353. The summed E-state index contributed by atoms with van der Waals surface area (Å²) >= 11 is 1.62. The normalized spacial score (nSPS) is 12.4. The highest BCUT2D eigenvalue weighted by molar-refractivity contribution is 7.09. The van der Waals surface area contributed by atoms with Crippen LogP contribution < -0.4 is 5.32 Å². The highest BCUT2D eigenvalue weighted by Crippen LogP contribution is 2.11. The minimum Gasteiger partial charge on any atom is -0.355 e. The molecule has 2 rings (SSSR count). The van der Waals surface area contributed by atoms with Crippen molar-refractivity contribution < 1.29 is 4.79 Å². The lowest BCUT2D eigenvalue weighted by atomic mass is 10.1. The summed E-state index contributed by atoms with van der Waals surface area (Å²) in [4.78, 5) is 16.4. The van der Waals surface area contributed by atoms with Crippen molar-refractivity contribution >= 4 is 17.2 Å². The molecular formula is C16H24N4OS. The predicted molar refractivity (Wildman–Crippen MR) is 89.1 cm³/mol. The number of carbonyl (C=O) groups excluding carboxylic acids is 1. The van der Waals surface area contributed by atoms with Crippen LogP contribution in [-0.4, -0.2) is 27.2 Å². The lowest BCUT2D eigenvalue weighted by Gasteiger charge is -2.13. The maximum Gasteiger partial charge on any atom is 0.226 e. The summed E-state index contributed by atoms with van der Waals surface area (Å²) < 4.78 is 2.00. The Hall–Kier alpha value is -1.69. The van der Waals surface area contributed by atoms with Crippen LogP contribution in [0.2, 0.25) is 0 Å². The summed E-state index contributed by atoms with van der Waals surface area (Å²) in [5.74, 6) is 0.372. The second kappa shape index (κ2) is 7.54. The molecule has 0 saturated heterocycles. The van der Waals surface area contributed by atoms with Gasteiger partial charge in [-0.1, -0.05) is 13.8 Å². The highest BCUT2D eigenvalue weighted by atomic mass is 32.1. The van der Waals surface area contributed by atoms with Crippen molar-refractivity contribution in [1.82, 2.24) is 20.1 Å². The minimum absolute atomic E-state index is 0.0353. The number of thiazole rings is 1. The van der Waals surface area contributed by atoms with Crippen LogP contribution in [0, 0.1) is 19.8 Å². The average molecular weight is 320 g/mol. The molecule has 1 N–H and O–H groups in total. The summed E-state index contributed by atoms with van der Waals surface area (Å²) in [6.45, 7) is 9.71. The molecule has 0 aromatic carbocycles. The molecule has 2 aromatic rings. The van der Waals surface area contributed by atoms with Gasteiger partial charge < -0.3 is 5.32 Å². The Morgan fingerprint density at radius 3 is 2.82 bits per heavy atom. The van der Waals surface area contributed by atoms with Gasteiger partial charge in [-0.25, -0.2) is 4.98 Å². The van der Waals surface area contributed by atoms with Crippen LogP contribution in [0.15, 0.2) is 11.4 Å². The number of aryl methyl sites for hydroxylation is 3. The molecule has 2 heterocycles. The van der Waals surface area contributed by atoms with Crippen molar-refractivity contribution in [2.45, 2.75) is 47.1 Å². The molecule has 0 spiro atoms. The van der Waals surface area contributed by atoms with Crippen molar-refractivity contribution in [3.8, 4) is 0 Å². The Bertz CT molecular complexity index is 632. The van der Waals surface area contributed by atoms with Gasteiger partial charge in [0.1, 0.15) is 0 Å². The van der Waals surface area contributed by atoms with Gasteiger partial charge in [0.05, 0.1) is 22.8 Å². The van der Waals surface area contributed by atoms with E-state index in [-0.39, 0.29) is 5.91 Å². The molecule has 120 valence electrons. The Labute approximate surface area is 135 Å². The molecule has 0 bridgehead atoms. The summed E-state index contributed by atoms with van der Waals surface area (Å²) in [5, 5.41) is 10.5. The second-order valence-electron chi connectivity index (χ2n) is 5.78. The highest BCUT2D eigenvalue weighted by Gasteiger charge is 2.11. The fourth-order valence-corrected chi connectivity index (χ4v) is 3.07. The van der Waals surface area contributed by atoms with E-state index in [1.54, 1.807) is 11.3 Å². The Morgan fingerprint density at radius 2 is 2.23 bits per heavy atom. The van der Waals surface area contributed by atoms with Crippen LogP contribution in [-0.2, 0) is 24.2 Å². The number of hydrogen-bond donors (Lipinski definition) is 1. The Balaban J connectivity index is 1.76. The van der Waals surface area contributed by atoms with E-state index < -0.39 is 0 Å². The monoisotopic (exact) mass is 320 g/mol. The lowest BCUT2D eigenvalue weighted by molar-refractivity contribution is -0.120. The zero-order chi connectivity index (χ0) is 16.1. The second-order valence-corrected chi connectivity index (χ2v) is 6.72. The van der Waals surface area contributed by atoms with Crippen LogP contribution >= 0.6 is 11.3 Å². The topological polar surface area (TPSA) is 59.8 Å². The third-order valence-corrected chi connectivity index (χ3v) is 4.52. The van der Waals surface area contributed by atoms with Gasteiger partial charge >= 0.3 is 0 Å². The fourth-order valence-electron chi connectivity index (χ4n) is 2.33. The molecule has 6 heteroatoms. The smallest absolute Gasteiger partial charge is 0.226 e. The third-order valence-electron chi connectivity index (χ3n) is 3.48. The van der Waals surface area contributed by atoms with Crippen molar-refractivity contribution in [1.29, 1.82) is 0 Å². The Morgan fingerprint density at radius 1 is 1.45 bits per heavy atom. The van der Waals surface area contributed by atoms with Crippen molar-refractivity contribution in [3.63, 3.8) is 0 Å². The van der Waals surface area contributed by atoms with Crippen molar-refractivity contribution in [2.24, 2.45) is 5.92 Å². The number of aromatic nitrogens is 3. The van der Waals surface area contributed by atoms with Crippen LogP contribution in [0.5, 0.6) is 0 Å².